The number of rotatable bonds is 10. The van der Waals surface area contributed by atoms with Crippen molar-refractivity contribution in [3.8, 4) is 0 Å². The van der Waals surface area contributed by atoms with Crippen LogP contribution >= 0.6 is 0 Å². The second-order valence-corrected chi connectivity index (χ2v) is 17.0. The molecule has 4 aromatic rings. The molecule has 7 heteroatoms. The zero-order valence-corrected chi connectivity index (χ0v) is 24.0. The molecule has 0 saturated heterocycles. The number of benzene rings is 2. The van der Waals surface area contributed by atoms with E-state index in [4.69, 9.17) is 0 Å². The molecule has 0 N–H and O–H groups in total. The first-order chi connectivity index (χ1) is 20.0. The van der Waals surface area contributed by atoms with Crippen LogP contribution in [0.15, 0.2) is 122 Å². The minimum atomic E-state index is -4.75. The fraction of sp³-hybridized carbons (Fsp3) is 0.176. The van der Waals surface area contributed by atoms with Crippen LogP contribution in [0, 0.1) is 23.3 Å². The van der Waals surface area contributed by atoms with Crippen LogP contribution in [-0.2, 0) is 42.5 Å². The Balaban J connectivity index is 1.57. The molecular formula is C34H30F4N2Ti. The Hall–Kier alpha value is -3.61. The van der Waals surface area contributed by atoms with Crippen molar-refractivity contribution in [3.05, 3.63) is 156 Å². The predicted octanol–water partition coefficient (Wildman–Crippen LogP) is 7.27. The minimum absolute atomic E-state index is 0.127. The number of halogens is 4. The molecule has 2 aliphatic rings. The van der Waals surface area contributed by atoms with Crippen LogP contribution in [-0.4, -0.2) is 9.13 Å². The number of aromatic nitrogens is 2. The summed E-state index contributed by atoms with van der Waals surface area (Å²) in [7, 11) is 0. The molecule has 2 aliphatic carbocycles. The molecule has 0 spiro atoms. The fourth-order valence-corrected chi connectivity index (χ4v) is 15.2. The van der Waals surface area contributed by atoms with Gasteiger partial charge < -0.3 is 0 Å². The first kappa shape index (κ1) is 27.6. The van der Waals surface area contributed by atoms with Crippen LogP contribution < -0.4 is 7.74 Å². The molecule has 0 atom stereocenters. The second kappa shape index (κ2) is 11.7. The molecule has 2 heterocycles. The first-order valence-electron chi connectivity index (χ1n) is 13.9. The van der Waals surface area contributed by atoms with Crippen LogP contribution in [0.4, 0.5) is 17.6 Å². The molecule has 2 nitrogen and oxygen atoms in total. The van der Waals surface area contributed by atoms with E-state index >= 15 is 17.6 Å². The number of allylic oxidation sites excluding steroid dienone is 8. The van der Waals surface area contributed by atoms with Gasteiger partial charge in [-0.3, -0.25) is 0 Å². The van der Waals surface area contributed by atoms with Crippen molar-refractivity contribution in [2.24, 2.45) is 0 Å². The van der Waals surface area contributed by atoms with E-state index < -0.39 is 48.3 Å². The maximum absolute atomic E-state index is 16.8. The quantitative estimate of drug-likeness (QED) is 0.136. The molecule has 0 saturated carbocycles. The van der Waals surface area contributed by atoms with E-state index in [0.717, 1.165) is 0 Å². The van der Waals surface area contributed by atoms with Crippen molar-refractivity contribution in [3.63, 3.8) is 0 Å². The Morgan fingerprint density at radius 3 is 1.27 bits per heavy atom. The number of aryl methyl sites for hydroxylation is 4. The van der Waals surface area contributed by atoms with E-state index in [1.165, 1.54) is 24.3 Å². The molecule has 0 bridgehead atoms. The van der Waals surface area contributed by atoms with Gasteiger partial charge in [-0.25, -0.2) is 0 Å². The molecule has 41 heavy (non-hydrogen) atoms. The van der Waals surface area contributed by atoms with E-state index in [0.29, 0.717) is 37.1 Å². The normalized spacial score (nSPS) is 15.1. The van der Waals surface area contributed by atoms with Crippen molar-refractivity contribution in [2.45, 2.75) is 34.4 Å². The summed E-state index contributed by atoms with van der Waals surface area (Å²) in [6.07, 6.45) is 22.9. The van der Waals surface area contributed by atoms with Gasteiger partial charge >= 0.3 is 242 Å². The van der Waals surface area contributed by atoms with Gasteiger partial charge in [-0.15, -0.1) is 0 Å². The summed E-state index contributed by atoms with van der Waals surface area (Å²) in [5.41, 5.74) is 0.679. The molecule has 0 radical (unpaired) electrons. The summed E-state index contributed by atoms with van der Waals surface area (Å²) in [6.45, 7) is 0.998. The van der Waals surface area contributed by atoms with Crippen LogP contribution in [0.25, 0.3) is 0 Å². The fourth-order valence-electron chi connectivity index (χ4n) is 6.36. The monoisotopic (exact) mass is 590 g/mol. The maximum atomic E-state index is 16.8. The third-order valence-corrected chi connectivity index (χ3v) is 16.8. The molecule has 0 amide bonds. The van der Waals surface area contributed by atoms with Crippen molar-refractivity contribution < 1.29 is 34.2 Å². The Morgan fingerprint density at radius 1 is 0.537 bits per heavy atom. The van der Waals surface area contributed by atoms with Gasteiger partial charge in [0.15, 0.2) is 0 Å². The molecule has 208 valence electrons. The number of hydrogen-bond acceptors (Lipinski definition) is 0. The van der Waals surface area contributed by atoms with Gasteiger partial charge in [-0.1, -0.05) is 0 Å². The summed E-state index contributed by atoms with van der Waals surface area (Å²) in [5, 5.41) is 0. The van der Waals surface area contributed by atoms with Gasteiger partial charge in [-0.05, 0) is 0 Å². The molecular weight excluding hydrogens is 560 g/mol. The Morgan fingerprint density at radius 2 is 0.902 bits per heavy atom. The Kier molecular flexibility index (Phi) is 7.87. The molecule has 2 aromatic heterocycles. The van der Waals surface area contributed by atoms with Gasteiger partial charge in [0.1, 0.15) is 0 Å². The van der Waals surface area contributed by atoms with Crippen molar-refractivity contribution in [2.75, 3.05) is 0 Å². The summed E-state index contributed by atoms with van der Waals surface area (Å²) < 4.78 is 68.5. The summed E-state index contributed by atoms with van der Waals surface area (Å²) >= 11 is -4.75. The third kappa shape index (κ3) is 5.04. The third-order valence-electron chi connectivity index (χ3n) is 8.33. The van der Waals surface area contributed by atoms with Gasteiger partial charge in [0, 0.05) is 0 Å². The number of hydrogen-bond donors (Lipinski definition) is 0. The van der Waals surface area contributed by atoms with Gasteiger partial charge in [0.05, 0.1) is 0 Å². The second-order valence-electron chi connectivity index (χ2n) is 10.6. The molecule has 0 aliphatic heterocycles. The van der Waals surface area contributed by atoms with E-state index in [9.17, 15) is 0 Å². The average Bonchev–Trinajstić information content (AvgIpc) is 3.80. The van der Waals surface area contributed by atoms with Crippen LogP contribution in [0.1, 0.15) is 11.1 Å². The first-order valence-corrected chi connectivity index (χ1v) is 17.2. The molecule has 6 rings (SSSR count). The van der Waals surface area contributed by atoms with E-state index in [2.05, 4.69) is 0 Å². The van der Waals surface area contributed by atoms with Gasteiger partial charge in [0.25, 0.3) is 0 Å². The number of nitrogens with zero attached hydrogens (tertiary/aromatic N) is 2. The summed E-state index contributed by atoms with van der Waals surface area (Å²) in [4.78, 5) is 0. The van der Waals surface area contributed by atoms with Crippen molar-refractivity contribution in [1.29, 1.82) is 0 Å². The van der Waals surface area contributed by atoms with Crippen LogP contribution in [0.5, 0.6) is 0 Å². The van der Waals surface area contributed by atoms with Gasteiger partial charge in [-0.2, -0.15) is 0 Å². The Labute approximate surface area is 241 Å². The van der Waals surface area contributed by atoms with E-state index in [1.54, 1.807) is 0 Å². The Bertz CT molecular complexity index is 1500. The van der Waals surface area contributed by atoms with Gasteiger partial charge in [0.2, 0.25) is 0 Å². The van der Waals surface area contributed by atoms with Crippen LogP contribution in [0.3, 0.4) is 0 Å². The van der Waals surface area contributed by atoms with Crippen molar-refractivity contribution in [1.82, 2.24) is 9.13 Å². The molecule has 2 aromatic carbocycles. The van der Waals surface area contributed by atoms with Crippen LogP contribution in [0.2, 0.25) is 8.45 Å². The SMILES string of the molecule is Fc1ccc(CCn2cccc2)c(F)[c]1[Ti]([c]1c(F)ccc(CCn2cccc2)c1F)([CH]1C=CC=C1)[CH]1C=CC=C1. The topological polar surface area (TPSA) is 9.86 Å². The zero-order valence-electron chi connectivity index (χ0n) is 22.4. The van der Waals surface area contributed by atoms with E-state index in [1.807, 2.05) is 107 Å². The zero-order chi connectivity index (χ0) is 28.4. The molecule has 0 unspecified atom stereocenters. The average molecular weight is 590 g/mol. The standard InChI is InChI=1S/2C12H10F2N.2C5H5.Ti/c2*13-11-4-3-10(12(14)9-11)5-8-15-6-1-2-7-15;2*1-2-4-5-3-1;/h2*1-4,6-7H,5,8H2;2*1-5H;. The predicted molar refractivity (Wildman–Crippen MR) is 152 cm³/mol. The van der Waals surface area contributed by atoms with Crippen molar-refractivity contribution >= 4 is 7.74 Å². The molecule has 0 fully saturated rings. The van der Waals surface area contributed by atoms with E-state index in [-0.39, 0.29) is 7.74 Å². The summed E-state index contributed by atoms with van der Waals surface area (Å²) in [5.74, 6) is -2.86. The summed E-state index contributed by atoms with van der Waals surface area (Å²) in [6, 6.07) is 13.0.